The molecule has 2 atom stereocenters. The highest BCUT2D eigenvalue weighted by atomic mass is 16.5. The van der Waals surface area contributed by atoms with Crippen molar-refractivity contribution in [2.75, 3.05) is 0 Å². The Balaban J connectivity index is 2.10. The van der Waals surface area contributed by atoms with Crippen molar-refractivity contribution in [3.05, 3.63) is 65.7 Å². The van der Waals surface area contributed by atoms with Crippen LogP contribution in [0.1, 0.15) is 30.5 Å². The summed E-state index contributed by atoms with van der Waals surface area (Å²) in [6, 6.07) is 18.1. The molecule has 2 aromatic carbocycles. The monoisotopic (exact) mass is 255 g/mol. The van der Waals surface area contributed by atoms with Gasteiger partial charge in [-0.05, 0) is 31.0 Å². The summed E-state index contributed by atoms with van der Waals surface area (Å²) >= 11 is 0. The molecule has 0 fully saturated rings. The van der Waals surface area contributed by atoms with Gasteiger partial charge in [-0.2, -0.15) is 0 Å². The molecular weight excluding hydrogens is 234 g/mol. The van der Waals surface area contributed by atoms with E-state index >= 15 is 0 Å². The largest absolute Gasteiger partial charge is 0.488 e. The Labute approximate surface area is 115 Å². The number of nitrogens with two attached hydrogens (primary N) is 1. The second-order valence-corrected chi connectivity index (χ2v) is 4.81. The lowest BCUT2D eigenvalue weighted by Crippen LogP contribution is -2.30. The van der Waals surface area contributed by atoms with Crippen LogP contribution in [-0.2, 0) is 0 Å². The molecule has 0 aliphatic carbocycles. The lowest BCUT2D eigenvalue weighted by Gasteiger charge is -2.24. The lowest BCUT2D eigenvalue weighted by atomic mass is 10.0. The second kappa shape index (κ2) is 6.39. The third-order valence-corrected chi connectivity index (χ3v) is 3.30. The Morgan fingerprint density at radius 3 is 2.21 bits per heavy atom. The van der Waals surface area contributed by atoms with E-state index in [1.807, 2.05) is 42.5 Å². The van der Waals surface area contributed by atoms with E-state index in [9.17, 15) is 0 Å². The quantitative estimate of drug-likeness (QED) is 0.880. The summed E-state index contributed by atoms with van der Waals surface area (Å²) in [5, 5.41) is 0. The van der Waals surface area contributed by atoms with Crippen LogP contribution in [0.3, 0.4) is 0 Å². The number of hydrogen-bond donors (Lipinski definition) is 1. The first kappa shape index (κ1) is 13.6. The van der Waals surface area contributed by atoms with E-state index in [0.717, 1.165) is 17.7 Å². The third kappa shape index (κ3) is 3.58. The van der Waals surface area contributed by atoms with Crippen LogP contribution in [0.15, 0.2) is 54.6 Å². The average molecular weight is 255 g/mol. The van der Waals surface area contributed by atoms with Gasteiger partial charge in [-0.3, -0.25) is 0 Å². The van der Waals surface area contributed by atoms with E-state index in [4.69, 9.17) is 10.5 Å². The molecule has 19 heavy (non-hydrogen) atoms. The van der Waals surface area contributed by atoms with Crippen LogP contribution in [0.5, 0.6) is 5.75 Å². The molecule has 0 heterocycles. The molecule has 2 N–H and O–H groups in total. The molecule has 0 bridgehead atoms. The minimum atomic E-state index is -0.104. The fourth-order valence-electron chi connectivity index (χ4n) is 2.09. The molecule has 0 aromatic heterocycles. The molecule has 100 valence electrons. The smallest absolute Gasteiger partial charge is 0.119 e. The van der Waals surface area contributed by atoms with E-state index in [2.05, 4.69) is 26.0 Å². The fraction of sp³-hybridized carbons (Fsp3) is 0.294. The molecule has 2 nitrogen and oxygen atoms in total. The van der Waals surface area contributed by atoms with Gasteiger partial charge < -0.3 is 10.5 Å². The number of rotatable bonds is 5. The summed E-state index contributed by atoms with van der Waals surface area (Å²) in [7, 11) is 0. The molecule has 0 saturated carbocycles. The maximum atomic E-state index is 6.30. The number of aryl methyl sites for hydroxylation is 1. The summed E-state index contributed by atoms with van der Waals surface area (Å²) in [5.74, 6) is 0.879. The fourth-order valence-corrected chi connectivity index (χ4v) is 2.09. The van der Waals surface area contributed by atoms with Gasteiger partial charge in [-0.25, -0.2) is 0 Å². The highest BCUT2D eigenvalue weighted by Gasteiger charge is 2.19. The molecule has 0 radical (unpaired) electrons. The standard InChI is InChI=1S/C17H21NO/c1-3-16(17(18)14-7-5-4-6-8-14)19-15-11-9-13(2)10-12-15/h4-12,16-17H,3,18H2,1-2H3. The molecule has 2 rings (SSSR count). The van der Waals surface area contributed by atoms with Gasteiger partial charge in [0.15, 0.2) is 0 Å². The van der Waals surface area contributed by atoms with Gasteiger partial charge >= 0.3 is 0 Å². The van der Waals surface area contributed by atoms with Crippen LogP contribution in [0, 0.1) is 6.92 Å². The predicted octanol–water partition coefficient (Wildman–Crippen LogP) is 3.85. The van der Waals surface area contributed by atoms with Crippen molar-refractivity contribution in [2.45, 2.75) is 32.4 Å². The minimum Gasteiger partial charge on any atom is -0.488 e. The zero-order chi connectivity index (χ0) is 13.7. The molecule has 0 spiro atoms. The Hall–Kier alpha value is -1.80. The van der Waals surface area contributed by atoms with E-state index in [1.165, 1.54) is 5.56 Å². The van der Waals surface area contributed by atoms with Gasteiger partial charge in [-0.15, -0.1) is 0 Å². The lowest BCUT2D eigenvalue weighted by molar-refractivity contribution is 0.167. The topological polar surface area (TPSA) is 35.2 Å². The normalized spacial score (nSPS) is 13.8. The van der Waals surface area contributed by atoms with Crippen molar-refractivity contribution >= 4 is 0 Å². The Morgan fingerprint density at radius 1 is 1.00 bits per heavy atom. The second-order valence-electron chi connectivity index (χ2n) is 4.81. The van der Waals surface area contributed by atoms with Gasteiger partial charge in [0.2, 0.25) is 0 Å². The van der Waals surface area contributed by atoms with Crippen molar-refractivity contribution in [1.29, 1.82) is 0 Å². The number of ether oxygens (including phenoxy) is 1. The van der Waals surface area contributed by atoms with Gasteiger partial charge in [0.25, 0.3) is 0 Å². The van der Waals surface area contributed by atoms with Crippen molar-refractivity contribution in [1.82, 2.24) is 0 Å². The van der Waals surface area contributed by atoms with Crippen LogP contribution >= 0.6 is 0 Å². The third-order valence-electron chi connectivity index (χ3n) is 3.30. The maximum absolute atomic E-state index is 6.30. The van der Waals surface area contributed by atoms with Gasteiger partial charge in [-0.1, -0.05) is 55.0 Å². The SMILES string of the molecule is CCC(Oc1ccc(C)cc1)C(N)c1ccccc1. The maximum Gasteiger partial charge on any atom is 0.119 e. The first-order chi connectivity index (χ1) is 9.20. The zero-order valence-electron chi connectivity index (χ0n) is 11.5. The number of benzene rings is 2. The Bertz CT molecular complexity index is 492. The van der Waals surface area contributed by atoms with Crippen molar-refractivity contribution in [3.63, 3.8) is 0 Å². The molecular formula is C17H21NO. The molecule has 0 aliphatic heterocycles. The summed E-state index contributed by atoms with van der Waals surface area (Å²) < 4.78 is 6.01. The summed E-state index contributed by atoms with van der Waals surface area (Å²) in [4.78, 5) is 0. The van der Waals surface area contributed by atoms with E-state index in [0.29, 0.717) is 0 Å². The summed E-state index contributed by atoms with van der Waals surface area (Å²) in [6.07, 6.45) is 0.870. The van der Waals surface area contributed by atoms with Crippen LogP contribution in [0.25, 0.3) is 0 Å². The first-order valence-corrected chi connectivity index (χ1v) is 6.74. The van der Waals surface area contributed by atoms with Gasteiger partial charge in [0.1, 0.15) is 11.9 Å². The highest BCUT2D eigenvalue weighted by molar-refractivity contribution is 5.27. The number of hydrogen-bond acceptors (Lipinski definition) is 2. The van der Waals surface area contributed by atoms with Crippen molar-refractivity contribution in [3.8, 4) is 5.75 Å². The van der Waals surface area contributed by atoms with E-state index < -0.39 is 0 Å². The van der Waals surface area contributed by atoms with Crippen molar-refractivity contribution < 1.29 is 4.74 Å². The Kier molecular flexibility index (Phi) is 4.58. The molecule has 2 heteroatoms. The Morgan fingerprint density at radius 2 is 1.63 bits per heavy atom. The van der Waals surface area contributed by atoms with E-state index in [-0.39, 0.29) is 12.1 Å². The summed E-state index contributed by atoms with van der Waals surface area (Å²) in [6.45, 7) is 4.17. The van der Waals surface area contributed by atoms with Crippen molar-refractivity contribution in [2.24, 2.45) is 5.73 Å². The molecule has 0 amide bonds. The molecule has 2 aromatic rings. The van der Waals surface area contributed by atoms with Crippen LogP contribution in [0.2, 0.25) is 0 Å². The van der Waals surface area contributed by atoms with Crippen LogP contribution < -0.4 is 10.5 Å². The highest BCUT2D eigenvalue weighted by Crippen LogP contribution is 2.22. The first-order valence-electron chi connectivity index (χ1n) is 6.74. The zero-order valence-corrected chi connectivity index (χ0v) is 11.5. The van der Waals surface area contributed by atoms with E-state index in [1.54, 1.807) is 0 Å². The summed E-state index contributed by atoms with van der Waals surface area (Å²) in [5.41, 5.74) is 8.64. The van der Waals surface area contributed by atoms with Crippen LogP contribution in [-0.4, -0.2) is 6.10 Å². The molecule has 0 aliphatic rings. The molecule has 2 unspecified atom stereocenters. The van der Waals surface area contributed by atoms with Crippen LogP contribution in [0.4, 0.5) is 0 Å². The molecule has 0 saturated heterocycles. The van der Waals surface area contributed by atoms with Gasteiger partial charge in [0.05, 0.1) is 6.04 Å². The average Bonchev–Trinajstić information content (AvgIpc) is 2.47. The minimum absolute atomic E-state index is 0.00916. The van der Waals surface area contributed by atoms with Gasteiger partial charge in [0, 0.05) is 0 Å². The predicted molar refractivity (Wildman–Crippen MR) is 79.3 cm³/mol.